The number of halogens is 1. The quantitative estimate of drug-likeness (QED) is 0.689. The van der Waals surface area contributed by atoms with E-state index < -0.39 is 33.2 Å². The van der Waals surface area contributed by atoms with Gasteiger partial charge in [0.25, 0.3) is 5.91 Å². The van der Waals surface area contributed by atoms with Crippen LogP contribution in [0.2, 0.25) is 5.02 Å². The molecule has 1 unspecified atom stereocenters. The van der Waals surface area contributed by atoms with Gasteiger partial charge in [0, 0.05) is 24.7 Å². The van der Waals surface area contributed by atoms with E-state index >= 15 is 0 Å². The van der Waals surface area contributed by atoms with Crippen LogP contribution in [0.5, 0.6) is 0 Å². The first-order chi connectivity index (χ1) is 13.7. The molecule has 2 aromatic rings. The average Bonchev–Trinajstić information content (AvgIpc) is 2.96. The Morgan fingerprint density at radius 3 is 2.76 bits per heavy atom. The number of amides is 2. The smallest absolute Gasteiger partial charge is 0.263 e. The summed E-state index contributed by atoms with van der Waals surface area (Å²) < 4.78 is 27.5. The summed E-state index contributed by atoms with van der Waals surface area (Å²) in [5.74, 6) is -2.29. The van der Waals surface area contributed by atoms with Crippen molar-refractivity contribution in [2.24, 2.45) is 10.9 Å². The summed E-state index contributed by atoms with van der Waals surface area (Å²) in [5.41, 5.74) is 0.880. The maximum Gasteiger partial charge on any atom is 0.263 e. The van der Waals surface area contributed by atoms with Crippen LogP contribution in [0.15, 0.2) is 23.2 Å². The van der Waals surface area contributed by atoms with Crippen LogP contribution in [0.4, 0.5) is 0 Å². The van der Waals surface area contributed by atoms with Gasteiger partial charge < -0.3 is 9.47 Å². The van der Waals surface area contributed by atoms with Gasteiger partial charge in [0.1, 0.15) is 11.5 Å². The van der Waals surface area contributed by atoms with Gasteiger partial charge in [0.05, 0.1) is 10.2 Å². The highest BCUT2D eigenvalue weighted by molar-refractivity contribution is 7.92. The van der Waals surface area contributed by atoms with Crippen molar-refractivity contribution in [2.45, 2.75) is 33.2 Å². The Morgan fingerprint density at radius 2 is 2.07 bits per heavy atom. The number of hydrogen-bond acceptors (Lipinski definition) is 5. The molecule has 0 saturated carbocycles. The van der Waals surface area contributed by atoms with Crippen molar-refractivity contribution < 1.29 is 18.0 Å². The third-order valence-electron chi connectivity index (χ3n) is 4.88. The highest BCUT2D eigenvalue weighted by atomic mass is 35.5. The van der Waals surface area contributed by atoms with Crippen LogP contribution in [0, 0.1) is 5.92 Å². The van der Waals surface area contributed by atoms with Crippen LogP contribution in [-0.4, -0.2) is 54.3 Å². The molecule has 1 aromatic heterocycles. The van der Waals surface area contributed by atoms with Crippen molar-refractivity contribution in [3.63, 3.8) is 0 Å². The number of piperidine rings is 1. The zero-order valence-corrected chi connectivity index (χ0v) is 18.8. The maximum absolute atomic E-state index is 12.4. The number of fused-ring (bicyclic) bond motifs is 1. The standard InChI is InChI=1S/C19H24ClN3O4S2/c1-3-23-15-7-6-14(20)9-16(15)28-19(23)21-17(24)11-29(26,27)12-18(25)22-8-4-5-13(2)10-22/h6-7,9,13H,3-5,8,10-12H2,1-2H3. The predicted molar refractivity (Wildman–Crippen MR) is 115 cm³/mol. The minimum Gasteiger partial charge on any atom is -0.342 e. The number of thiazole rings is 1. The average molecular weight is 458 g/mol. The number of carbonyl (C=O) groups is 2. The van der Waals surface area contributed by atoms with Crippen molar-refractivity contribution in [1.29, 1.82) is 0 Å². The van der Waals surface area contributed by atoms with Gasteiger partial charge in [-0.25, -0.2) is 8.42 Å². The van der Waals surface area contributed by atoms with E-state index in [-0.39, 0.29) is 0 Å². The fourth-order valence-corrected chi connectivity index (χ4v) is 6.00. The minimum absolute atomic E-state index is 0.359. The van der Waals surface area contributed by atoms with E-state index in [9.17, 15) is 18.0 Å². The predicted octanol–water partition coefficient (Wildman–Crippen LogP) is 2.48. The number of aryl methyl sites for hydroxylation is 1. The number of sulfone groups is 1. The topological polar surface area (TPSA) is 88.8 Å². The van der Waals surface area contributed by atoms with Crippen molar-refractivity contribution >= 4 is 54.8 Å². The second kappa shape index (κ2) is 8.97. The molecule has 1 saturated heterocycles. The summed E-state index contributed by atoms with van der Waals surface area (Å²) >= 11 is 7.30. The summed E-state index contributed by atoms with van der Waals surface area (Å²) in [4.78, 5) is 30.7. The zero-order chi connectivity index (χ0) is 21.2. The Hall–Kier alpha value is -1.71. The molecule has 3 rings (SSSR count). The SMILES string of the molecule is CCn1c(=NC(=O)CS(=O)(=O)CC(=O)N2CCCC(C)C2)sc2cc(Cl)ccc21. The van der Waals surface area contributed by atoms with E-state index in [1.54, 1.807) is 17.0 Å². The molecule has 29 heavy (non-hydrogen) atoms. The largest absolute Gasteiger partial charge is 0.342 e. The van der Waals surface area contributed by atoms with Crippen molar-refractivity contribution in [3.8, 4) is 0 Å². The number of rotatable bonds is 5. The molecule has 0 aliphatic carbocycles. The molecule has 0 radical (unpaired) electrons. The molecule has 158 valence electrons. The lowest BCUT2D eigenvalue weighted by Crippen LogP contribution is -2.42. The normalized spacial score (nSPS) is 18.4. The van der Waals surface area contributed by atoms with Crippen molar-refractivity contribution in [1.82, 2.24) is 9.47 Å². The van der Waals surface area contributed by atoms with Gasteiger partial charge in [-0.3, -0.25) is 9.59 Å². The van der Waals surface area contributed by atoms with E-state index in [1.807, 2.05) is 24.5 Å². The van der Waals surface area contributed by atoms with Gasteiger partial charge in [-0.2, -0.15) is 4.99 Å². The van der Waals surface area contributed by atoms with Crippen molar-refractivity contribution in [2.75, 3.05) is 24.6 Å². The summed E-state index contributed by atoms with van der Waals surface area (Å²) in [7, 11) is -3.88. The molecule has 2 amide bonds. The number of aromatic nitrogens is 1. The minimum atomic E-state index is -3.88. The Balaban J connectivity index is 1.75. The van der Waals surface area contributed by atoms with E-state index in [1.165, 1.54) is 11.3 Å². The Morgan fingerprint density at radius 1 is 1.31 bits per heavy atom. The summed E-state index contributed by atoms with van der Waals surface area (Å²) in [6.07, 6.45) is 1.90. The molecule has 1 aromatic carbocycles. The lowest BCUT2D eigenvalue weighted by molar-refractivity contribution is -0.130. The van der Waals surface area contributed by atoms with E-state index in [2.05, 4.69) is 4.99 Å². The fraction of sp³-hybridized carbons (Fsp3) is 0.526. The second-order valence-corrected chi connectivity index (χ2v) is 10.9. The monoisotopic (exact) mass is 457 g/mol. The zero-order valence-electron chi connectivity index (χ0n) is 16.4. The van der Waals surface area contributed by atoms with Crippen LogP contribution in [0.1, 0.15) is 26.7 Å². The van der Waals surface area contributed by atoms with Crippen LogP contribution in [0.25, 0.3) is 10.2 Å². The Bertz CT molecular complexity index is 1100. The van der Waals surface area contributed by atoms with Crippen LogP contribution < -0.4 is 4.80 Å². The van der Waals surface area contributed by atoms with E-state index in [0.29, 0.717) is 35.4 Å². The number of hydrogen-bond donors (Lipinski definition) is 0. The van der Waals surface area contributed by atoms with Crippen LogP contribution in [0.3, 0.4) is 0 Å². The van der Waals surface area contributed by atoms with Gasteiger partial charge >= 0.3 is 0 Å². The van der Waals surface area contributed by atoms with E-state index in [0.717, 1.165) is 23.1 Å². The first kappa shape index (κ1) is 22.0. The van der Waals surface area contributed by atoms with Gasteiger partial charge in [-0.15, -0.1) is 0 Å². The van der Waals surface area contributed by atoms with Gasteiger partial charge in [-0.1, -0.05) is 29.9 Å². The Labute approximate surface area is 178 Å². The number of benzene rings is 1. The van der Waals surface area contributed by atoms with Crippen LogP contribution >= 0.6 is 22.9 Å². The lowest BCUT2D eigenvalue weighted by atomic mass is 10.0. The molecule has 2 heterocycles. The molecule has 10 heteroatoms. The maximum atomic E-state index is 12.4. The third kappa shape index (κ3) is 5.46. The molecule has 1 aliphatic heterocycles. The van der Waals surface area contributed by atoms with E-state index in [4.69, 9.17) is 11.6 Å². The highest BCUT2D eigenvalue weighted by Gasteiger charge is 2.27. The highest BCUT2D eigenvalue weighted by Crippen LogP contribution is 2.22. The van der Waals surface area contributed by atoms with Gasteiger partial charge in [0.2, 0.25) is 5.91 Å². The molecule has 1 aliphatic rings. The first-order valence-corrected chi connectivity index (χ1v) is 12.5. The van der Waals surface area contributed by atoms with Gasteiger partial charge in [0.15, 0.2) is 14.6 Å². The number of carbonyl (C=O) groups excluding carboxylic acids is 2. The first-order valence-electron chi connectivity index (χ1n) is 9.53. The molecular formula is C19H24ClN3O4S2. The number of likely N-dealkylation sites (tertiary alicyclic amines) is 1. The second-order valence-electron chi connectivity index (χ2n) is 7.37. The Kier molecular flexibility index (Phi) is 6.80. The third-order valence-corrected chi connectivity index (χ3v) is 7.53. The molecule has 1 atom stereocenters. The lowest BCUT2D eigenvalue weighted by Gasteiger charge is -2.30. The molecule has 7 nitrogen and oxygen atoms in total. The molecule has 1 fully saturated rings. The summed E-state index contributed by atoms with van der Waals surface area (Å²) in [6, 6.07) is 5.38. The molecule has 0 N–H and O–H groups in total. The fourth-order valence-electron chi connectivity index (χ4n) is 3.51. The van der Waals surface area contributed by atoms with Gasteiger partial charge in [-0.05, 0) is 43.9 Å². The number of nitrogens with zero attached hydrogens (tertiary/aromatic N) is 3. The molecule has 0 spiro atoms. The summed E-state index contributed by atoms with van der Waals surface area (Å²) in [6.45, 7) is 5.66. The summed E-state index contributed by atoms with van der Waals surface area (Å²) in [5, 5.41) is 0.577. The van der Waals surface area contributed by atoms with Crippen molar-refractivity contribution in [3.05, 3.63) is 28.0 Å². The molecule has 0 bridgehead atoms. The van der Waals surface area contributed by atoms with Crippen LogP contribution in [-0.2, 0) is 26.0 Å². The molecular weight excluding hydrogens is 434 g/mol.